The highest BCUT2D eigenvalue weighted by molar-refractivity contribution is 5.49. The fourth-order valence-corrected chi connectivity index (χ4v) is 4.60. The number of aromatic nitrogens is 1. The third-order valence-corrected chi connectivity index (χ3v) is 6.73. The van der Waals surface area contributed by atoms with Gasteiger partial charge in [0, 0.05) is 23.8 Å². The average molecular weight is 396 g/mol. The van der Waals surface area contributed by atoms with Crippen LogP contribution in [0.1, 0.15) is 45.1 Å². The number of benzene rings is 1. The normalized spacial score (nSPS) is 20.7. The predicted molar refractivity (Wildman–Crippen MR) is 117 cm³/mol. The first-order chi connectivity index (χ1) is 14.1. The molecule has 1 N–H and O–H groups in total. The van der Waals surface area contributed by atoms with E-state index in [1.807, 2.05) is 30.5 Å². The summed E-state index contributed by atoms with van der Waals surface area (Å²) >= 11 is 0. The molecule has 0 amide bonds. The largest absolute Gasteiger partial charge is 0.486 e. The van der Waals surface area contributed by atoms with Gasteiger partial charge in [0.25, 0.3) is 0 Å². The zero-order chi connectivity index (χ0) is 20.2. The van der Waals surface area contributed by atoms with Crippen molar-refractivity contribution in [3.63, 3.8) is 0 Å². The molecule has 156 valence electrons. The van der Waals surface area contributed by atoms with Crippen molar-refractivity contribution in [2.45, 2.75) is 51.6 Å². The molecule has 29 heavy (non-hydrogen) atoms. The molecule has 1 aromatic carbocycles. The molecule has 5 heteroatoms. The summed E-state index contributed by atoms with van der Waals surface area (Å²) in [6.07, 6.45) is 4.17. The van der Waals surface area contributed by atoms with Crippen LogP contribution in [-0.2, 0) is 0 Å². The Morgan fingerprint density at radius 2 is 1.79 bits per heavy atom. The summed E-state index contributed by atoms with van der Waals surface area (Å²) in [6, 6.07) is 13.2. The average Bonchev–Trinajstić information content (AvgIpc) is 2.78. The van der Waals surface area contributed by atoms with E-state index in [1.165, 1.54) is 18.4 Å². The lowest BCUT2D eigenvalue weighted by Crippen LogP contribution is -2.46. The van der Waals surface area contributed by atoms with Crippen molar-refractivity contribution in [1.29, 1.82) is 0 Å². The second kappa shape index (κ2) is 9.04. The molecule has 3 heterocycles. The van der Waals surface area contributed by atoms with Crippen LogP contribution in [0.5, 0.6) is 11.5 Å². The van der Waals surface area contributed by atoms with Gasteiger partial charge < -0.3 is 19.7 Å². The van der Waals surface area contributed by atoms with Gasteiger partial charge in [-0.3, -0.25) is 0 Å². The first kappa shape index (κ1) is 20.0. The van der Waals surface area contributed by atoms with Gasteiger partial charge in [0.2, 0.25) is 0 Å². The molecule has 0 aliphatic carbocycles. The number of para-hydroxylation sites is 1. The molecule has 5 nitrogen and oxygen atoms in total. The summed E-state index contributed by atoms with van der Waals surface area (Å²) in [4.78, 5) is 7.05. The lowest BCUT2D eigenvalue weighted by molar-refractivity contribution is 0.117. The van der Waals surface area contributed by atoms with E-state index in [-0.39, 0.29) is 0 Å². The second-order valence-corrected chi connectivity index (χ2v) is 8.43. The third kappa shape index (κ3) is 4.50. The Kier molecular flexibility index (Phi) is 6.24. The molecule has 2 aliphatic rings. The number of piperidine rings is 1. The number of ether oxygens (including phenoxy) is 2. The van der Waals surface area contributed by atoms with Crippen LogP contribution in [0.2, 0.25) is 0 Å². The van der Waals surface area contributed by atoms with E-state index in [0.717, 1.165) is 30.4 Å². The molecule has 0 radical (unpaired) electrons. The Labute approximate surface area is 174 Å². The van der Waals surface area contributed by atoms with Gasteiger partial charge in [-0.15, -0.1) is 0 Å². The molecular formula is C24H33N3O2. The smallest absolute Gasteiger partial charge is 0.164 e. The van der Waals surface area contributed by atoms with E-state index >= 15 is 0 Å². The van der Waals surface area contributed by atoms with Crippen LogP contribution < -0.4 is 14.8 Å². The summed E-state index contributed by atoms with van der Waals surface area (Å²) in [5.74, 6) is 3.91. The Balaban J connectivity index is 1.34. The number of anilines is 1. The second-order valence-electron chi connectivity index (χ2n) is 8.43. The lowest BCUT2D eigenvalue weighted by Gasteiger charge is -2.40. The molecule has 3 atom stereocenters. The van der Waals surface area contributed by atoms with Crippen LogP contribution in [0.25, 0.3) is 0 Å². The molecule has 0 bridgehead atoms. The molecule has 2 aromatic rings. The lowest BCUT2D eigenvalue weighted by atomic mass is 9.86. The van der Waals surface area contributed by atoms with Crippen LogP contribution in [-0.4, -0.2) is 48.3 Å². The number of nitrogens with zero attached hydrogens (tertiary/aromatic N) is 2. The van der Waals surface area contributed by atoms with E-state index in [1.54, 1.807) is 0 Å². The summed E-state index contributed by atoms with van der Waals surface area (Å²) in [5.41, 5.74) is 1.33. The summed E-state index contributed by atoms with van der Waals surface area (Å²) in [7, 11) is 0. The van der Waals surface area contributed by atoms with Crippen molar-refractivity contribution >= 4 is 5.82 Å². The van der Waals surface area contributed by atoms with E-state index in [4.69, 9.17) is 9.47 Å². The van der Waals surface area contributed by atoms with Crippen LogP contribution in [0.15, 0.2) is 42.6 Å². The number of pyridine rings is 1. The highest BCUT2D eigenvalue weighted by Crippen LogP contribution is 2.41. The minimum Gasteiger partial charge on any atom is -0.486 e. The Hall–Kier alpha value is -2.27. The Bertz CT molecular complexity index is 790. The molecule has 0 saturated carbocycles. The molecular weight excluding hydrogens is 362 g/mol. The van der Waals surface area contributed by atoms with Crippen molar-refractivity contribution in [3.8, 4) is 11.5 Å². The zero-order valence-electron chi connectivity index (χ0n) is 17.8. The predicted octanol–water partition coefficient (Wildman–Crippen LogP) is 4.56. The van der Waals surface area contributed by atoms with Crippen molar-refractivity contribution < 1.29 is 9.47 Å². The van der Waals surface area contributed by atoms with Crippen molar-refractivity contribution in [2.75, 3.05) is 31.6 Å². The standard InChI is InChI=1S/C24H33N3O2/c1-17(18(2)26-23-9-4-5-12-25-23)19(3)27-13-10-20(11-14-27)21-7-6-8-22-24(21)29-16-15-28-22/h4-9,12,17-20H,10-11,13-16H2,1-3H3,(H,25,26). The molecule has 0 spiro atoms. The highest BCUT2D eigenvalue weighted by atomic mass is 16.6. The van der Waals surface area contributed by atoms with E-state index < -0.39 is 0 Å². The van der Waals surface area contributed by atoms with Gasteiger partial charge in [0.05, 0.1) is 0 Å². The first-order valence-corrected chi connectivity index (χ1v) is 10.9. The maximum atomic E-state index is 5.96. The van der Waals surface area contributed by atoms with Crippen LogP contribution >= 0.6 is 0 Å². The van der Waals surface area contributed by atoms with Crippen LogP contribution in [0.4, 0.5) is 5.82 Å². The van der Waals surface area contributed by atoms with E-state index in [9.17, 15) is 0 Å². The number of hydrogen-bond donors (Lipinski definition) is 1. The van der Waals surface area contributed by atoms with Gasteiger partial charge in [-0.25, -0.2) is 4.98 Å². The molecule has 3 unspecified atom stereocenters. The number of fused-ring (bicyclic) bond motifs is 1. The summed E-state index contributed by atoms with van der Waals surface area (Å²) in [6.45, 7) is 10.5. The fourth-order valence-electron chi connectivity index (χ4n) is 4.60. The minimum absolute atomic E-state index is 0.365. The van der Waals surface area contributed by atoms with Gasteiger partial charge >= 0.3 is 0 Å². The van der Waals surface area contributed by atoms with Gasteiger partial charge in [0.15, 0.2) is 11.5 Å². The monoisotopic (exact) mass is 395 g/mol. The quantitative estimate of drug-likeness (QED) is 0.777. The van der Waals surface area contributed by atoms with Gasteiger partial charge in [-0.05, 0) is 69.8 Å². The maximum Gasteiger partial charge on any atom is 0.164 e. The SMILES string of the molecule is CC(Nc1ccccn1)C(C)C(C)N1CCC(c2cccc3c2OCCO3)CC1. The topological polar surface area (TPSA) is 46.6 Å². The van der Waals surface area contributed by atoms with Crippen LogP contribution in [0, 0.1) is 5.92 Å². The minimum atomic E-state index is 0.365. The van der Waals surface area contributed by atoms with Gasteiger partial charge in [0.1, 0.15) is 19.0 Å². The van der Waals surface area contributed by atoms with Crippen molar-refractivity contribution in [2.24, 2.45) is 5.92 Å². The summed E-state index contributed by atoms with van der Waals surface area (Å²) < 4.78 is 11.7. The number of nitrogens with one attached hydrogen (secondary N) is 1. The number of likely N-dealkylation sites (tertiary alicyclic amines) is 1. The first-order valence-electron chi connectivity index (χ1n) is 10.9. The number of hydrogen-bond acceptors (Lipinski definition) is 5. The third-order valence-electron chi connectivity index (χ3n) is 6.73. The van der Waals surface area contributed by atoms with E-state index in [0.29, 0.717) is 37.1 Å². The van der Waals surface area contributed by atoms with Gasteiger partial charge in [-0.2, -0.15) is 0 Å². The number of rotatable bonds is 6. The molecule has 4 rings (SSSR count). The maximum absolute atomic E-state index is 5.96. The zero-order valence-corrected chi connectivity index (χ0v) is 17.8. The van der Waals surface area contributed by atoms with Crippen LogP contribution in [0.3, 0.4) is 0 Å². The fraction of sp³-hybridized carbons (Fsp3) is 0.542. The molecule has 1 fully saturated rings. The Morgan fingerprint density at radius 1 is 1.00 bits per heavy atom. The van der Waals surface area contributed by atoms with Crippen molar-refractivity contribution in [1.82, 2.24) is 9.88 Å². The molecule has 1 saturated heterocycles. The molecule has 2 aliphatic heterocycles. The molecule has 1 aromatic heterocycles. The Morgan fingerprint density at radius 3 is 2.55 bits per heavy atom. The van der Waals surface area contributed by atoms with E-state index in [2.05, 4.69) is 48.1 Å². The van der Waals surface area contributed by atoms with Gasteiger partial charge in [-0.1, -0.05) is 25.1 Å². The summed E-state index contributed by atoms with van der Waals surface area (Å²) in [5, 5.41) is 3.56. The van der Waals surface area contributed by atoms with Crippen molar-refractivity contribution in [3.05, 3.63) is 48.2 Å². The highest BCUT2D eigenvalue weighted by Gasteiger charge is 2.30.